The second kappa shape index (κ2) is 6.10. The van der Waals surface area contributed by atoms with Crippen LogP contribution in [0, 0.1) is 0 Å². The standard InChI is InChI=1S/C16H17NO3/c1-17(11-12-3-9-15(20-2)10-4-12)16(19)13-5-7-14(18)8-6-13/h3-10,18H,11H2,1-2H3. The number of hydrogen-bond donors (Lipinski definition) is 1. The van der Waals surface area contributed by atoms with Crippen LogP contribution in [-0.4, -0.2) is 30.1 Å². The highest BCUT2D eigenvalue weighted by molar-refractivity contribution is 5.94. The molecule has 0 bridgehead atoms. The van der Waals surface area contributed by atoms with Gasteiger partial charge in [-0.3, -0.25) is 4.79 Å². The normalized spacial score (nSPS) is 10.1. The van der Waals surface area contributed by atoms with E-state index in [9.17, 15) is 9.90 Å². The molecule has 20 heavy (non-hydrogen) atoms. The van der Waals surface area contributed by atoms with Crippen molar-refractivity contribution in [3.8, 4) is 11.5 Å². The first-order valence-electron chi connectivity index (χ1n) is 6.27. The zero-order valence-electron chi connectivity index (χ0n) is 11.5. The van der Waals surface area contributed by atoms with E-state index in [1.807, 2.05) is 24.3 Å². The van der Waals surface area contributed by atoms with Gasteiger partial charge in [-0.2, -0.15) is 0 Å². The van der Waals surface area contributed by atoms with Crippen molar-refractivity contribution in [1.82, 2.24) is 4.90 Å². The summed E-state index contributed by atoms with van der Waals surface area (Å²) in [4.78, 5) is 13.8. The molecule has 4 nitrogen and oxygen atoms in total. The minimum Gasteiger partial charge on any atom is -0.508 e. The molecule has 104 valence electrons. The molecular formula is C16H17NO3. The van der Waals surface area contributed by atoms with Crippen LogP contribution in [0.25, 0.3) is 0 Å². The van der Waals surface area contributed by atoms with Gasteiger partial charge in [-0.15, -0.1) is 0 Å². The first kappa shape index (κ1) is 13.9. The Morgan fingerprint density at radius 1 is 1.10 bits per heavy atom. The van der Waals surface area contributed by atoms with Crippen molar-refractivity contribution >= 4 is 5.91 Å². The molecular weight excluding hydrogens is 254 g/mol. The Kier molecular flexibility index (Phi) is 4.25. The predicted octanol–water partition coefficient (Wildman–Crippen LogP) is 2.67. The van der Waals surface area contributed by atoms with Gasteiger partial charge in [-0.1, -0.05) is 12.1 Å². The topological polar surface area (TPSA) is 49.8 Å². The summed E-state index contributed by atoms with van der Waals surface area (Å²) in [6.07, 6.45) is 0. The van der Waals surface area contributed by atoms with E-state index in [1.54, 1.807) is 31.2 Å². The van der Waals surface area contributed by atoms with Crippen LogP contribution in [0.2, 0.25) is 0 Å². The van der Waals surface area contributed by atoms with Crippen molar-refractivity contribution in [2.24, 2.45) is 0 Å². The fourth-order valence-electron chi connectivity index (χ4n) is 1.90. The third-order valence-electron chi connectivity index (χ3n) is 3.04. The zero-order chi connectivity index (χ0) is 14.5. The Bertz CT molecular complexity index is 576. The van der Waals surface area contributed by atoms with Gasteiger partial charge in [0, 0.05) is 19.2 Å². The zero-order valence-corrected chi connectivity index (χ0v) is 11.5. The fourth-order valence-corrected chi connectivity index (χ4v) is 1.90. The second-order valence-corrected chi connectivity index (χ2v) is 4.56. The number of phenolic OH excluding ortho intramolecular Hbond substituents is 1. The number of methoxy groups -OCH3 is 1. The summed E-state index contributed by atoms with van der Waals surface area (Å²) in [5.74, 6) is 0.862. The highest BCUT2D eigenvalue weighted by atomic mass is 16.5. The number of ether oxygens (including phenoxy) is 1. The third-order valence-corrected chi connectivity index (χ3v) is 3.04. The molecule has 2 rings (SSSR count). The maximum absolute atomic E-state index is 12.2. The van der Waals surface area contributed by atoms with Crippen molar-refractivity contribution in [2.75, 3.05) is 14.2 Å². The molecule has 0 heterocycles. The lowest BCUT2D eigenvalue weighted by Crippen LogP contribution is -2.26. The molecule has 4 heteroatoms. The summed E-state index contributed by atoms with van der Waals surface area (Å²) in [5, 5.41) is 9.22. The van der Waals surface area contributed by atoms with Crippen molar-refractivity contribution < 1.29 is 14.6 Å². The first-order chi connectivity index (χ1) is 9.60. The summed E-state index contributed by atoms with van der Waals surface area (Å²) in [7, 11) is 3.37. The number of benzene rings is 2. The number of nitrogens with zero attached hydrogens (tertiary/aromatic N) is 1. The molecule has 0 saturated carbocycles. The Hall–Kier alpha value is -2.49. The van der Waals surface area contributed by atoms with Crippen LogP contribution in [0.15, 0.2) is 48.5 Å². The number of carbonyl (C=O) groups excluding carboxylic acids is 1. The second-order valence-electron chi connectivity index (χ2n) is 4.56. The van der Waals surface area contributed by atoms with Crippen molar-refractivity contribution in [3.63, 3.8) is 0 Å². The average Bonchev–Trinajstić information content (AvgIpc) is 2.48. The van der Waals surface area contributed by atoms with Crippen LogP contribution in [-0.2, 0) is 6.54 Å². The molecule has 0 aliphatic heterocycles. The first-order valence-corrected chi connectivity index (χ1v) is 6.27. The molecule has 2 aromatic carbocycles. The largest absolute Gasteiger partial charge is 0.508 e. The van der Waals surface area contributed by atoms with Gasteiger partial charge in [-0.05, 0) is 42.0 Å². The van der Waals surface area contributed by atoms with Gasteiger partial charge >= 0.3 is 0 Å². The van der Waals surface area contributed by atoms with E-state index in [2.05, 4.69) is 0 Å². The van der Waals surface area contributed by atoms with Crippen LogP contribution in [0.1, 0.15) is 15.9 Å². The maximum Gasteiger partial charge on any atom is 0.253 e. The fraction of sp³-hybridized carbons (Fsp3) is 0.188. The number of carbonyl (C=O) groups is 1. The molecule has 1 N–H and O–H groups in total. The summed E-state index contributed by atoms with van der Waals surface area (Å²) >= 11 is 0. The Balaban J connectivity index is 2.04. The van der Waals surface area contributed by atoms with Gasteiger partial charge in [0.2, 0.25) is 0 Å². The molecule has 0 aliphatic rings. The molecule has 0 unspecified atom stereocenters. The average molecular weight is 271 g/mol. The van der Waals surface area contributed by atoms with Crippen LogP contribution < -0.4 is 4.74 Å². The molecule has 0 spiro atoms. The Labute approximate surface area is 118 Å². The minimum atomic E-state index is -0.0826. The maximum atomic E-state index is 12.2. The lowest BCUT2D eigenvalue weighted by atomic mass is 10.1. The molecule has 0 fully saturated rings. The van der Waals surface area contributed by atoms with E-state index in [0.717, 1.165) is 11.3 Å². The summed E-state index contributed by atoms with van der Waals surface area (Å²) < 4.78 is 5.10. The van der Waals surface area contributed by atoms with Crippen LogP contribution >= 0.6 is 0 Å². The molecule has 0 saturated heterocycles. The van der Waals surface area contributed by atoms with Crippen LogP contribution in [0.3, 0.4) is 0 Å². The van der Waals surface area contributed by atoms with Gasteiger partial charge in [0.15, 0.2) is 0 Å². The van der Waals surface area contributed by atoms with E-state index in [4.69, 9.17) is 4.74 Å². The number of phenols is 1. The van der Waals surface area contributed by atoms with E-state index in [0.29, 0.717) is 12.1 Å². The van der Waals surface area contributed by atoms with Gasteiger partial charge in [-0.25, -0.2) is 0 Å². The van der Waals surface area contributed by atoms with Gasteiger partial charge < -0.3 is 14.7 Å². The molecule has 1 amide bonds. The molecule has 2 aromatic rings. The van der Waals surface area contributed by atoms with E-state index >= 15 is 0 Å². The van der Waals surface area contributed by atoms with Gasteiger partial charge in [0.25, 0.3) is 5.91 Å². The number of hydrogen-bond acceptors (Lipinski definition) is 3. The van der Waals surface area contributed by atoms with Crippen LogP contribution in [0.5, 0.6) is 11.5 Å². The molecule has 0 radical (unpaired) electrons. The van der Waals surface area contributed by atoms with Crippen molar-refractivity contribution in [3.05, 3.63) is 59.7 Å². The molecule has 0 aromatic heterocycles. The van der Waals surface area contributed by atoms with E-state index in [1.165, 1.54) is 12.1 Å². The predicted molar refractivity (Wildman–Crippen MR) is 76.9 cm³/mol. The lowest BCUT2D eigenvalue weighted by Gasteiger charge is -2.17. The number of rotatable bonds is 4. The summed E-state index contributed by atoms with van der Waals surface area (Å²) in [6, 6.07) is 13.8. The van der Waals surface area contributed by atoms with Crippen molar-refractivity contribution in [2.45, 2.75) is 6.54 Å². The molecule has 0 aliphatic carbocycles. The smallest absolute Gasteiger partial charge is 0.253 e. The Morgan fingerprint density at radius 3 is 2.25 bits per heavy atom. The van der Waals surface area contributed by atoms with E-state index < -0.39 is 0 Å². The van der Waals surface area contributed by atoms with Crippen LogP contribution in [0.4, 0.5) is 0 Å². The number of amides is 1. The SMILES string of the molecule is COc1ccc(CN(C)C(=O)c2ccc(O)cc2)cc1. The van der Waals surface area contributed by atoms with Gasteiger partial charge in [0.1, 0.15) is 11.5 Å². The molecule has 0 atom stereocenters. The lowest BCUT2D eigenvalue weighted by molar-refractivity contribution is 0.0785. The van der Waals surface area contributed by atoms with Gasteiger partial charge in [0.05, 0.1) is 7.11 Å². The third kappa shape index (κ3) is 3.29. The minimum absolute atomic E-state index is 0.0826. The Morgan fingerprint density at radius 2 is 1.70 bits per heavy atom. The quantitative estimate of drug-likeness (QED) is 0.930. The number of aromatic hydroxyl groups is 1. The van der Waals surface area contributed by atoms with E-state index in [-0.39, 0.29) is 11.7 Å². The highest BCUT2D eigenvalue weighted by Gasteiger charge is 2.11. The highest BCUT2D eigenvalue weighted by Crippen LogP contribution is 2.15. The summed E-state index contributed by atoms with van der Waals surface area (Å²) in [5.41, 5.74) is 1.58. The van der Waals surface area contributed by atoms with Crippen molar-refractivity contribution in [1.29, 1.82) is 0 Å². The monoisotopic (exact) mass is 271 g/mol. The summed E-state index contributed by atoms with van der Waals surface area (Å²) in [6.45, 7) is 0.518.